The Bertz CT molecular complexity index is 746. The predicted octanol–water partition coefficient (Wildman–Crippen LogP) is 3.31. The smallest absolute Gasteiger partial charge is 0.271 e. The average molecular weight is 336 g/mol. The highest BCUT2D eigenvalue weighted by Gasteiger charge is 2.19. The SMILES string of the molecule is O=C(NC1CCCC1)c1cnc(Nc2ccc(F)c(F)c2F)cn1. The zero-order valence-electron chi connectivity index (χ0n) is 12.7. The number of hydrogen-bond acceptors (Lipinski definition) is 4. The van der Waals surface area contributed by atoms with Gasteiger partial charge in [-0.1, -0.05) is 12.8 Å². The zero-order chi connectivity index (χ0) is 17.1. The largest absolute Gasteiger partial charge is 0.348 e. The normalized spacial score (nSPS) is 14.6. The van der Waals surface area contributed by atoms with Crippen LogP contribution in [0, 0.1) is 17.5 Å². The summed E-state index contributed by atoms with van der Waals surface area (Å²) in [6, 6.07) is 2.02. The van der Waals surface area contributed by atoms with Gasteiger partial charge in [-0.15, -0.1) is 0 Å². The molecule has 1 heterocycles. The minimum Gasteiger partial charge on any atom is -0.348 e. The molecule has 1 saturated carbocycles. The maximum Gasteiger partial charge on any atom is 0.271 e. The molecule has 0 spiro atoms. The maximum atomic E-state index is 13.6. The highest BCUT2D eigenvalue weighted by atomic mass is 19.2. The molecule has 0 aliphatic heterocycles. The van der Waals surface area contributed by atoms with E-state index in [1.807, 2.05) is 0 Å². The van der Waals surface area contributed by atoms with Crippen molar-refractivity contribution >= 4 is 17.4 Å². The van der Waals surface area contributed by atoms with Gasteiger partial charge < -0.3 is 10.6 Å². The van der Waals surface area contributed by atoms with E-state index in [2.05, 4.69) is 20.6 Å². The van der Waals surface area contributed by atoms with E-state index in [1.54, 1.807) is 0 Å². The van der Waals surface area contributed by atoms with Crippen LogP contribution in [0.4, 0.5) is 24.7 Å². The van der Waals surface area contributed by atoms with E-state index < -0.39 is 17.5 Å². The van der Waals surface area contributed by atoms with Crippen molar-refractivity contribution in [2.24, 2.45) is 0 Å². The van der Waals surface area contributed by atoms with Crippen LogP contribution in [0.15, 0.2) is 24.5 Å². The second-order valence-electron chi connectivity index (χ2n) is 5.59. The molecule has 1 aromatic heterocycles. The molecule has 5 nitrogen and oxygen atoms in total. The predicted molar refractivity (Wildman–Crippen MR) is 81.4 cm³/mol. The van der Waals surface area contributed by atoms with E-state index >= 15 is 0 Å². The first-order chi connectivity index (χ1) is 11.5. The topological polar surface area (TPSA) is 66.9 Å². The first-order valence-electron chi connectivity index (χ1n) is 7.58. The monoisotopic (exact) mass is 336 g/mol. The maximum absolute atomic E-state index is 13.6. The van der Waals surface area contributed by atoms with E-state index in [-0.39, 0.29) is 29.1 Å². The molecule has 3 rings (SSSR count). The number of nitrogens with zero attached hydrogens (tertiary/aromatic N) is 2. The van der Waals surface area contributed by atoms with E-state index in [0.717, 1.165) is 37.8 Å². The molecule has 1 aliphatic carbocycles. The van der Waals surface area contributed by atoms with Crippen LogP contribution in [0.2, 0.25) is 0 Å². The summed E-state index contributed by atoms with van der Waals surface area (Å²) >= 11 is 0. The van der Waals surface area contributed by atoms with Crippen molar-refractivity contribution in [1.82, 2.24) is 15.3 Å². The molecule has 1 aromatic carbocycles. The van der Waals surface area contributed by atoms with Gasteiger partial charge in [0.25, 0.3) is 5.91 Å². The number of amides is 1. The lowest BCUT2D eigenvalue weighted by atomic mass is 10.2. The molecule has 0 saturated heterocycles. The fraction of sp³-hybridized carbons (Fsp3) is 0.312. The lowest BCUT2D eigenvalue weighted by molar-refractivity contribution is 0.0932. The van der Waals surface area contributed by atoms with Gasteiger partial charge in [0.2, 0.25) is 0 Å². The summed E-state index contributed by atoms with van der Waals surface area (Å²) in [4.78, 5) is 19.9. The fourth-order valence-electron chi connectivity index (χ4n) is 2.60. The Labute approximate surface area is 136 Å². The highest BCUT2D eigenvalue weighted by molar-refractivity contribution is 5.92. The van der Waals surface area contributed by atoms with E-state index in [4.69, 9.17) is 0 Å². The second kappa shape index (κ2) is 6.86. The van der Waals surface area contributed by atoms with Crippen molar-refractivity contribution < 1.29 is 18.0 Å². The Morgan fingerprint density at radius 2 is 1.79 bits per heavy atom. The van der Waals surface area contributed by atoms with Crippen LogP contribution in [-0.2, 0) is 0 Å². The summed E-state index contributed by atoms with van der Waals surface area (Å²) in [5, 5.41) is 5.37. The van der Waals surface area contributed by atoms with Gasteiger partial charge in [-0.25, -0.2) is 23.1 Å². The summed E-state index contributed by atoms with van der Waals surface area (Å²) < 4.78 is 39.7. The first-order valence-corrected chi connectivity index (χ1v) is 7.58. The van der Waals surface area contributed by atoms with Crippen molar-refractivity contribution in [2.75, 3.05) is 5.32 Å². The molecule has 1 fully saturated rings. The number of hydrogen-bond donors (Lipinski definition) is 2. The Morgan fingerprint density at radius 1 is 1.04 bits per heavy atom. The molecule has 126 valence electrons. The summed E-state index contributed by atoms with van der Waals surface area (Å²) in [5.74, 6) is -4.40. The quantitative estimate of drug-likeness (QED) is 0.841. The van der Waals surface area contributed by atoms with Gasteiger partial charge in [0.1, 0.15) is 11.5 Å². The molecule has 8 heteroatoms. The van der Waals surface area contributed by atoms with Gasteiger partial charge in [-0.3, -0.25) is 4.79 Å². The minimum absolute atomic E-state index is 0.109. The number of halogens is 3. The van der Waals surface area contributed by atoms with Crippen molar-refractivity contribution in [3.8, 4) is 0 Å². The Balaban J connectivity index is 1.68. The number of anilines is 2. The average Bonchev–Trinajstić information content (AvgIpc) is 3.09. The number of benzene rings is 1. The Kier molecular flexibility index (Phi) is 4.64. The van der Waals surface area contributed by atoms with Crippen molar-refractivity contribution in [2.45, 2.75) is 31.7 Å². The van der Waals surface area contributed by atoms with Crippen molar-refractivity contribution in [3.05, 3.63) is 47.7 Å². The van der Waals surface area contributed by atoms with Crippen LogP contribution < -0.4 is 10.6 Å². The van der Waals surface area contributed by atoms with Crippen LogP contribution >= 0.6 is 0 Å². The standard InChI is InChI=1S/C16H15F3N4O/c17-10-5-6-11(15(19)14(10)18)23-13-8-20-12(7-21-13)16(24)22-9-3-1-2-4-9/h5-9H,1-4H2,(H,21,23)(H,22,24). The zero-order valence-corrected chi connectivity index (χ0v) is 12.7. The molecule has 0 radical (unpaired) electrons. The molecule has 24 heavy (non-hydrogen) atoms. The third-order valence-electron chi connectivity index (χ3n) is 3.87. The second-order valence-corrected chi connectivity index (χ2v) is 5.59. The highest BCUT2D eigenvalue weighted by Crippen LogP contribution is 2.22. The van der Waals surface area contributed by atoms with Crippen LogP contribution in [0.3, 0.4) is 0 Å². The van der Waals surface area contributed by atoms with Gasteiger partial charge in [0.05, 0.1) is 18.1 Å². The number of carbonyl (C=O) groups is 1. The minimum atomic E-state index is -1.57. The van der Waals surface area contributed by atoms with Crippen LogP contribution in [0.1, 0.15) is 36.2 Å². The lowest BCUT2D eigenvalue weighted by Crippen LogP contribution is -2.33. The Morgan fingerprint density at radius 3 is 2.46 bits per heavy atom. The summed E-state index contributed by atoms with van der Waals surface area (Å²) in [7, 11) is 0. The number of nitrogens with one attached hydrogen (secondary N) is 2. The molecule has 0 atom stereocenters. The molecule has 0 bridgehead atoms. The molecule has 2 aromatic rings. The molecule has 1 amide bonds. The fourth-order valence-corrected chi connectivity index (χ4v) is 2.60. The summed E-state index contributed by atoms with van der Waals surface area (Å²) in [5.41, 5.74) is -0.135. The van der Waals surface area contributed by atoms with E-state index in [1.165, 1.54) is 12.4 Å². The van der Waals surface area contributed by atoms with Gasteiger partial charge in [-0.05, 0) is 25.0 Å². The van der Waals surface area contributed by atoms with Crippen molar-refractivity contribution in [1.29, 1.82) is 0 Å². The number of aromatic nitrogens is 2. The summed E-state index contributed by atoms with van der Waals surface area (Å²) in [6.07, 6.45) is 6.57. The van der Waals surface area contributed by atoms with E-state index in [0.29, 0.717) is 0 Å². The van der Waals surface area contributed by atoms with Gasteiger partial charge in [0, 0.05) is 6.04 Å². The van der Waals surface area contributed by atoms with Crippen LogP contribution in [0.5, 0.6) is 0 Å². The molecule has 2 N–H and O–H groups in total. The van der Waals surface area contributed by atoms with Gasteiger partial charge in [0.15, 0.2) is 17.5 Å². The third-order valence-corrected chi connectivity index (χ3v) is 3.87. The van der Waals surface area contributed by atoms with Gasteiger partial charge in [-0.2, -0.15) is 0 Å². The molecular weight excluding hydrogens is 321 g/mol. The number of carbonyl (C=O) groups excluding carboxylic acids is 1. The number of rotatable bonds is 4. The van der Waals surface area contributed by atoms with Crippen molar-refractivity contribution in [3.63, 3.8) is 0 Å². The van der Waals surface area contributed by atoms with Gasteiger partial charge >= 0.3 is 0 Å². The van der Waals surface area contributed by atoms with E-state index in [9.17, 15) is 18.0 Å². The van der Waals surface area contributed by atoms with Crippen LogP contribution in [-0.4, -0.2) is 21.9 Å². The first kappa shape index (κ1) is 16.2. The Hall–Kier alpha value is -2.64. The third kappa shape index (κ3) is 3.47. The molecule has 1 aliphatic rings. The summed E-state index contributed by atoms with van der Waals surface area (Å²) in [6.45, 7) is 0. The lowest BCUT2D eigenvalue weighted by Gasteiger charge is -2.11. The molecular formula is C16H15F3N4O. The molecule has 0 unspecified atom stereocenters. The van der Waals surface area contributed by atoms with Crippen LogP contribution in [0.25, 0.3) is 0 Å².